The average molecular weight is 263 g/mol. The summed E-state index contributed by atoms with van der Waals surface area (Å²) in [5.41, 5.74) is 2.36. The molecule has 0 atom stereocenters. The molecule has 3 nitrogen and oxygen atoms in total. The van der Waals surface area contributed by atoms with Crippen LogP contribution in [-0.4, -0.2) is 15.0 Å². The average Bonchev–Trinajstić information content (AvgIpc) is 2.82. The molecule has 0 radical (unpaired) electrons. The van der Waals surface area contributed by atoms with Gasteiger partial charge in [0, 0.05) is 12.4 Å². The molecule has 0 aliphatic carbocycles. The minimum Gasteiger partial charge on any atom is -0.334 e. The molecule has 1 aromatic carbocycles. The van der Waals surface area contributed by atoms with Crippen LogP contribution < -0.4 is 0 Å². The first-order valence-corrected chi connectivity index (χ1v) is 5.51. The Morgan fingerprint density at radius 2 is 1.68 bits per heavy atom. The second kappa shape index (κ2) is 4.08. The van der Waals surface area contributed by atoms with Crippen LogP contribution in [0.2, 0.25) is 0 Å². The van der Waals surface area contributed by atoms with E-state index in [1.165, 1.54) is 0 Å². The van der Waals surface area contributed by atoms with Gasteiger partial charge in [-0.05, 0) is 35.4 Å². The minimum absolute atomic E-state index is 0.296. The molecule has 96 valence electrons. The Kier molecular flexibility index (Phi) is 2.51. The smallest absolute Gasteiger partial charge is 0.334 e. The number of benzene rings is 1. The van der Waals surface area contributed by atoms with Gasteiger partial charge in [-0.25, -0.2) is 4.98 Å². The van der Waals surface area contributed by atoms with E-state index in [2.05, 4.69) is 15.0 Å². The maximum Gasteiger partial charge on any atom is 0.449 e. The summed E-state index contributed by atoms with van der Waals surface area (Å²) in [5, 5.41) is 0. The van der Waals surface area contributed by atoms with E-state index in [1.54, 1.807) is 42.7 Å². The van der Waals surface area contributed by atoms with Crippen LogP contribution >= 0.6 is 0 Å². The van der Waals surface area contributed by atoms with E-state index in [1.807, 2.05) is 0 Å². The van der Waals surface area contributed by atoms with Crippen molar-refractivity contribution in [1.29, 1.82) is 0 Å². The maximum atomic E-state index is 12.5. The Bertz CT molecular complexity index is 717. The molecule has 3 aromatic rings. The first-order valence-electron chi connectivity index (χ1n) is 5.51. The number of nitrogens with zero attached hydrogens (tertiary/aromatic N) is 2. The van der Waals surface area contributed by atoms with E-state index in [0.29, 0.717) is 11.0 Å². The molecule has 0 amide bonds. The number of hydrogen-bond donors (Lipinski definition) is 1. The van der Waals surface area contributed by atoms with Crippen molar-refractivity contribution in [2.75, 3.05) is 0 Å². The third kappa shape index (κ3) is 2.16. The van der Waals surface area contributed by atoms with E-state index in [0.717, 1.165) is 11.1 Å². The fourth-order valence-electron chi connectivity index (χ4n) is 1.87. The molecule has 0 spiro atoms. The molecule has 6 heteroatoms. The third-order valence-corrected chi connectivity index (χ3v) is 2.76. The zero-order chi connectivity index (χ0) is 13.5. The summed E-state index contributed by atoms with van der Waals surface area (Å²) >= 11 is 0. The monoisotopic (exact) mass is 263 g/mol. The number of aromatic amines is 1. The SMILES string of the molecule is FC(F)(F)c1nc2ccc(-c3ccncc3)cc2[nH]1. The lowest BCUT2D eigenvalue weighted by atomic mass is 10.1. The van der Waals surface area contributed by atoms with Crippen molar-refractivity contribution in [3.63, 3.8) is 0 Å². The summed E-state index contributed by atoms with van der Waals surface area (Å²) < 4.78 is 37.6. The van der Waals surface area contributed by atoms with Gasteiger partial charge in [0.05, 0.1) is 11.0 Å². The molecule has 3 rings (SSSR count). The number of aromatic nitrogens is 3. The third-order valence-electron chi connectivity index (χ3n) is 2.76. The zero-order valence-corrected chi connectivity index (χ0v) is 9.57. The summed E-state index contributed by atoms with van der Waals surface area (Å²) in [7, 11) is 0. The Morgan fingerprint density at radius 1 is 0.947 bits per heavy atom. The van der Waals surface area contributed by atoms with Crippen molar-refractivity contribution in [3.05, 3.63) is 48.5 Å². The maximum absolute atomic E-state index is 12.5. The molecule has 0 bridgehead atoms. The van der Waals surface area contributed by atoms with E-state index < -0.39 is 12.0 Å². The van der Waals surface area contributed by atoms with E-state index in [-0.39, 0.29) is 0 Å². The number of nitrogens with one attached hydrogen (secondary N) is 1. The number of imidazole rings is 1. The summed E-state index contributed by atoms with van der Waals surface area (Å²) in [6.07, 6.45) is -1.20. The molecule has 1 N–H and O–H groups in total. The Morgan fingerprint density at radius 3 is 2.37 bits per heavy atom. The summed E-state index contributed by atoms with van der Waals surface area (Å²) in [6.45, 7) is 0. The van der Waals surface area contributed by atoms with E-state index in [4.69, 9.17) is 0 Å². The fourth-order valence-corrected chi connectivity index (χ4v) is 1.87. The van der Waals surface area contributed by atoms with Crippen molar-refractivity contribution in [2.24, 2.45) is 0 Å². The largest absolute Gasteiger partial charge is 0.449 e. The fraction of sp³-hybridized carbons (Fsp3) is 0.0769. The molecule has 0 unspecified atom stereocenters. The van der Waals surface area contributed by atoms with Crippen molar-refractivity contribution in [1.82, 2.24) is 15.0 Å². The van der Waals surface area contributed by atoms with Crippen LogP contribution in [-0.2, 0) is 6.18 Å². The molecular formula is C13H8F3N3. The highest BCUT2D eigenvalue weighted by Crippen LogP contribution is 2.30. The highest BCUT2D eigenvalue weighted by molar-refractivity contribution is 5.81. The van der Waals surface area contributed by atoms with Crippen LogP contribution in [0, 0.1) is 0 Å². The van der Waals surface area contributed by atoms with Crippen LogP contribution in [0.3, 0.4) is 0 Å². The van der Waals surface area contributed by atoms with Gasteiger partial charge in [-0.2, -0.15) is 13.2 Å². The lowest BCUT2D eigenvalue weighted by Gasteiger charge is -2.00. The minimum atomic E-state index is -4.46. The predicted octanol–water partition coefficient (Wildman–Crippen LogP) is 3.64. The van der Waals surface area contributed by atoms with Crippen molar-refractivity contribution < 1.29 is 13.2 Å². The topological polar surface area (TPSA) is 41.6 Å². The molecule has 2 heterocycles. The number of halogens is 3. The van der Waals surface area contributed by atoms with Gasteiger partial charge in [-0.1, -0.05) is 6.07 Å². The molecule has 0 aliphatic heterocycles. The zero-order valence-electron chi connectivity index (χ0n) is 9.57. The Labute approximate surface area is 106 Å². The molecule has 2 aromatic heterocycles. The van der Waals surface area contributed by atoms with Crippen LogP contribution in [0.25, 0.3) is 22.2 Å². The van der Waals surface area contributed by atoms with Crippen molar-refractivity contribution in [3.8, 4) is 11.1 Å². The highest BCUT2D eigenvalue weighted by atomic mass is 19.4. The Balaban J connectivity index is 2.11. The summed E-state index contributed by atoms with van der Waals surface area (Å²) in [5.74, 6) is -0.977. The van der Waals surface area contributed by atoms with Gasteiger partial charge in [0.2, 0.25) is 5.82 Å². The van der Waals surface area contributed by atoms with Gasteiger partial charge in [0.15, 0.2) is 0 Å². The van der Waals surface area contributed by atoms with Crippen molar-refractivity contribution in [2.45, 2.75) is 6.18 Å². The number of H-pyrrole nitrogens is 1. The number of alkyl halides is 3. The van der Waals surface area contributed by atoms with Crippen LogP contribution in [0.5, 0.6) is 0 Å². The molecule has 0 aliphatic rings. The molecular weight excluding hydrogens is 255 g/mol. The highest BCUT2D eigenvalue weighted by Gasteiger charge is 2.34. The van der Waals surface area contributed by atoms with E-state index >= 15 is 0 Å². The summed E-state index contributed by atoms with van der Waals surface area (Å²) in [4.78, 5) is 9.72. The molecule has 0 saturated heterocycles. The number of rotatable bonds is 1. The van der Waals surface area contributed by atoms with Gasteiger partial charge in [0.25, 0.3) is 0 Å². The number of fused-ring (bicyclic) bond motifs is 1. The van der Waals surface area contributed by atoms with Gasteiger partial charge < -0.3 is 4.98 Å². The number of hydrogen-bond acceptors (Lipinski definition) is 2. The van der Waals surface area contributed by atoms with Crippen LogP contribution in [0.15, 0.2) is 42.7 Å². The first-order chi connectivity index (χ1) is 9.04. The van der Waals surface area contributed by atoms with Gasteiger partial charge in [-0.15, -0.1) is 0 Å². The summed E-state index contributed by atoms with van der Waals surface area (Å²) in [6, 6.07) is 8.53. The van der Waals surface area contributed by atoms with Gasteiger partial charge >= 0.3 is 6.18 Å². The normalized spacial score (nSPS) is 11.9. The molecule has 19 heavy (non-hydrogen) atoms. The van der Waals surface area contributed by atoms with Crippen molar-refractivity contribution >= 4 is 11.0 Å². The van der Waals surface area contributed by atoms with Gasteiger partial charge in [-0.3, -0.25) is 4.98 Å². The second-order valence-corrected chi connectivity index (χ2v) is 4.05. The molecule has 0 saturated carbocycles. The van der Waals surface area contributed by atoms with E-state index in [9.17, 15) is 13.2 Å². The van der Waals surface area contributed by atoms with Gasteiger partial charge in [0.1, 0.15) is 0 Å². The quantitative estimate of drug-likeness (QED) is 0.728. The Hall–Kier alpha value is -2.37. The number of pyridine rings is 1. The second-order valence-electron chi connectivity index (χ2n) is 4.05. The standard InChI is InChI=1S/C13H8F3N3/c14-13(15,16)12-18-10-2-1-9(7-11(10)19-12)8-3-5-17-6-4-8/h1-7H,(H,18,19). The lowest BCUT2D eigenvalue weighted by molar-refractivity contribution is -0.144. The van der Waals surface area contributed by atoms with Crippen LogP contribution in [0.1, 0.15) is 5.82 Å². The van der Waals surface area contributed by atoms with Crippen LogP contribution in [0.4, 0.5) is 13.2 Å². The molecule has 0 fully saturated rings. The first kappa shape index (κ1) is 11.7. The predicted molar refractivity (Wildman–Crippen MR) is 64.3 cm³/mol. The lowest BCUT2D eigenvalue weighted by Crippen LogP contribution is -2.06.